The Morgan fingerprint density at radius 2 is 1.90 bits per heavy atom. The molecule has 7 nitrogen and oxygen atoms in total. The highest BCUT2D eigenvalue weighted by atomic mass is 32.2. The Balaban J connectivity index is 2.69. The first-order chi connectivity index (χ1) is 9.63. The maximum absolute atomic E-state index is 11.7. The molecule has 0 amide bonds. The van der Waals surface area contributed by atoms with Crippen LogP contribution in [0.15, 0.2) is 29.3 Å². The number of hydrogen-bond acceptors (Lipinski definition) is 5. The van der Waals surface area contributed by atoms with Gasteiger partial charge in [-0.2, -0.15) is 0 Å². The molecule has 1 aromatic heterocycles. The van der Waals surface area contributed by atoms with E-state index in [2.05, 4.69) is 0 Å². The Labute approximate surface area is 123 Å². The van der Waals surface area contributed by atoms with Crippen LogP contribution in [-0.2, 0) is 26.4 Å². The lowest BCUT2D eigenvalue weighted by Gasteiger charge is -2.06. The highest BCUT2D eigenvalue weighted by molar-refractivity contribution is 7.90. The van der Waals surface area contributed by atoms with Crippen molar-refractivity contribution in [2.45, 2.75) is 11.4 Å². The summed E-state index contributed by atoms with van der Waals surface area (Å²) in [5.74, 6) is 0.271. The fraction of sp³-hybridized carbons (Fsp3) is 0.333. The normalized spacial score (nSPS) is 12.7. The number of ether oxygens (including phenoxy) is 1. The lowest BCUT2D eigenvalue weighted by molar-refractivity contribution is 0.419. The van der Waals surface area contributed by atoms with Crippen LogP contribution in [0.2, 0.25) is 0 Å². The third-order valence-corrected chi connectivity index (χ3v) is 4.91. The van der Waals surface area contributed by atoms with E-state index >= 15 is 0 Å². The molecule has 0 saturated heterocycles. The first kappa shape index (κ1) is 15.8. The van der Waals surface area contributed by atoms with Crippen LogP contribution in [-0.4, -0.2) is 40.5 Å². The molecule has 0 fully saturated rings. The Bertz CT molecular complexity index is 882. The van der Waals surface area contributed by atoms with Gasteiger partial charge in [-0.3, -0.25) is 0 Å². The number of hydrogen-bond donors (Lipinski definition) is 1. The Kier molecular flexibility index (Phi) is 4.00. The predicted octanol–water partition coefficient (Wildman–Crippen LogP) is 0.342. The number of rotatable bonds is 5. The van der Waals surface area contributed by atoms with Gasteiger partial charge in [-0.15, -0.1) is 0 Å². The minimum Gasteiger partial charge on any atom is -0.496 e. The lowest BCUT2D eigenvalue weighted by Crippen LogP contribution is -2.12. The molecule has 0 radical (unpaired) electrons. The number of primary sulfonamides is 1. The Morgan fingerprint density at radius 3 is 2.43 bits per heavy atom. The van der Waals surface area contributed by atoms with Crippen LogP contribution >= 0.6 is 0 Å². The highest BCUT2D eigenvalue weighted by Crippen LogP contribution is 2.32. The summed E-state index contributed by atoms with van der Waals surface area (Å²) in [6.07, 6.45) is 2.47. The van der Waals surface area contributed by atoms with Crippen molar-refractivity contribution in [2.75, 3.05) is 19.1 Å². The summed E-state index contributed by atoms with van der Waals surface area (Å²) < 4.78 is 52.7. The molecule has 1 heterocycles. The second-order valence-corrected chi connectivity index (χ2v) is 8.51. The first-order valence-electron chi connectivity index (χ1n) is 6.00. The molecule has 0 spiro atoms. The number of aryl methyl sites for hydroxylation is 1. The highest BCUT2D eigenvalue weighted by Gasteiger charge is 2.21. The van der Waals surface area contributed by atoms with E-state index in [0.717, 1.165) is 6.26 Å². The van der Waals surface area contributed by atoms with Gasteiger partial charge in [0, 0.05) is 19.0 Å². The van der Waals surface area contributed by atoms with Crippen molar-refractivity contribution in [1.29, 1.82) is 0 Å². The average molecular weight is 332 g/mol. The summed E-state index contributed by atoms with van der Waals surface area (Å²) in [7, 11) is -5.68. The van der Waals surface area contributed by atoms with Crippen molar-refractivity contribution in [3.63, 3.8) is 0 Å². The maximum Gasteiger partial charge on any atom is 0.240 e. The van der Waals surface area contributed by atoms with Crippen LogP contribution in [0.25, 0.3) is 10.9 Å². The number of fused-ring (bicyclic) bond motifs is 1. The Morgan fingerprint density at radius 1 is 1.24 bits per heavy atom. The zero-order valence-electron chi connectivity index (χ0n) is 11.6. The van der Waals surface area contributed by atoms with Crippen LogP contribution < -0.4 is 9.88 Å². The van der Waals surface area contributed by atoms with Crippen molar-refractivity contribution in [2.24, 2.45) is 5.14 Å². The van der Waals surface area contributed by atoms with Gasteiger partial charge in [-0.25, -0.2) is 22.0 Å². The molecule has 0 atom stereocenters. The lowest BCUT2D eigenvalue weighted by atomic mass is 10.2. The fourth-order valence-corrected chi connectivity index (χ4v) is 3.41. The van der Waals surface area contributed by atoms with Crippen molar-refractivity contribution < 1.29 is 21.6 Å². The first-order valence-corrected chi connectivity index (χ1v) is 9.60. The maximum atomic E-state index is 11.7. The van der Waals surface area contributed by atoms with E-state index < -0.39 is 19.9 Å². The molecule has 21 heavy (non-hydrogen) atoms. The van der Waals surface area contributed by atoms with Gasteiger partial charge < -0.3 is 9.30 Å². The van der Waals surface area contributed by atoms with E-state index in [1.807, 2.05) is 0 Å². The number of benzene rings is 1. The number of nitrogens with zero attached hydrogens (tertiary/aromatic N) is 1. The van der Waals surface area contributed by atoms with E-state index in [1.165, 1.54) is 13.3 Å². The number of sulfonamides is 1. The van der Waals surface area contributed by atoms with E-state index in [-0.39, 0.29) is 17.2 Å². The van der Waals surface area contributed by atoms with Gasteiger partial charge >= 0.3 is 0 Å². The SMILES string of the molecule is COc1cccc2c1c(S(N)(=O)=O)cn2CCS(C)(=O)=O. The van der Waals surface area contributed by atoms with Crippen LogP contribution in [0.5, 0.6) is 5.75 Å². The topological polar surface area (TPSA) is 108 Å². The molecule has 0 bridgehead atoms. The van der Waals surface area contributed by atoms with Gasteiger partial charge in [0.2, 0.25) is 10.0 Å². The van der Waals surface area contributed by atoms with Crippen LogP contribution in [0.3, 0.4) is 0 Å². The van der Waals surface area contributed by atoms with Crippen LogP contribution in [0.4, 0.5) is 0 Å². The van der Waals surface area contributed by atoms with Crippen LogP contribution in [0.1, 0.15) is 0 Å². The number of methoxy groups -OCH3 is 1. The van der Waals surface area contributed by atoms with Crippen molar-refractivity contribution in [3.05, 3.63) is 24.4 Å². The summed E-state index contributed by atoms with van der Waals surface area (Å²) in [4.78, 5) is -0.0801. The summed E-state index contributed by atoms with van der Waals surface area (Å²) >= 11 is 0. The monoisotopic (exact) mass is 332 g/mol. The summed E-state index contributed by atoms with van der Waals surface area (Å²) in [6, 6.07) is 5.01. The number of aromatic nitrogens is 1. The van der Waals surface area contributed by atoms with E-state index in [4.69, 9.17) is 9.88 Å². The van der Waals surface area contributed by atoms with Crippen molar-refractivity contribution >= 4 is 30.8 Å². The molecule has 2 aromatic rings. The van der Waals surface area contributed by atoms with Crippen LogP contribution in [0, 0.1) is 0 Å². The molecule has 0 saturated carbocycles. The quantitative estimate of drug-likeness (QED) is 0.849. The number of sulfone groups is 1. The second-order valence-electron chi connectivity index (χ2n) is 4.72. The third kappa shape index (κ3) is 3.36. The van der Waals surface area contributed by atoms with Gasteiger partial charge in [-0.1, -0.05) is 6.07 Å². The van der Waals surface area contributed by atoms with Crippen molar-refractivity contribution in [1.82, 2.24) is 4.57 Å². The van der Waals surface area contributed by atoms with Gasteiger partial charge in [0.05, 0.1) is 23.8 Å². The average Bonchev–Trinajstić information content (AvgIpc) is 2.74. The summed E-state index contributed by atoms with van der Waals surface area (Å²) in [5, 5.41) is 5.58. The van der Waals surface area contributed by atoms with E-state index in [9.17, 15) is 16.8 Å². The Hall–Kier alpha value is -1.58. The number of nitrogens with two attached hydrogens (primary N) is 1. The summed E-state index contributed by atoms with van der Waals surface area (Å²) in [6.45, 7) is 0.137. The van der Waals surface area contributed by atoms with Gasteiger partial charge in [0.1, 0.15) is 20.5 Å². The predicted molar refractivity (Wildman–Crippen MR) is 79.6 cm³/mol. The minimum absolute atomic E-state index is 0.0801. The van der Waals surface area contributed by atoms with Gasteiger partial charge in [-0.05, 0) is 12.1 Å². The molecule has 0 aliphatic carbocycles. The van der Waals surface area contributed by atoms with Gasteiger partial charge in [0.25, 0.3) is 0 Å². The fourth-order valence-electron chi connectivity index (χ4n) is 2.12. The smallest absolute Gasteiger partial charge is 0.240 e. The van der Waals surface area contributed by atoms with Gasteiger partial charge in [0.15, 0.2) is 0 Å². The molecule has 116 valence electrons. The molecule has 1 aromatic carbocycles. The third-order valence-electron chi connectivity index (χ3n) is 3.06. The van der Waals surface area contributed by atoms with E-state index in [0.29, 0.717) is 16.7 Å². The van der Waals surface area contributed by atoms with Crippen molar-refractivity contribution in [3.8, 4) is 5.75 Å². The molecule has 9 heteroatoms. The molecule has 2 rings (SSSR count). The van der Waals surface area contributed by atoms with E-state index in [1.54, 1.807) is 22.8 Å². The summed E-state index contributed by atoms with van der Waals surface area (Å²) in [5.41, 5.74) is 0.557. The minimum atomic E-state index is -3.95. The molecule has 0 aliphatic heterocycles. The molecule has 2 N–H and O–H groups in total. The zero-order chi connectivity index (χ0) is 15.8. The molecular weight excluding hydrogens is 316 g/mol. The second kappa shape index (κ2) is 5.32. The largest absolute Gasteiger partial charge is 0.496 e. The molecular formula is C12H16N2O5S2. The zero-order valence-corrected chi connectivity index (χ0v) is 13.2. The standard InChI is InChI=1S/C12H16N2O5S2/c1-19-10-5-3-4-9-12(10)11(21(13,17)18)8-14(9)6-7-20(2,15)16/h3-5,8H,6-7H2,1-2H3,(H2,13,17,18). The molecule has 0 aliphatic rings. The molecule has 0 unspecified atom stereocenters.